The quantitative estimate of drug-likeness (QED) is 0.393. The molecule has 0 unspecified atom stereocenters. The van der Waals surface area contributed by atoms with E-state index in [0.29, 0.717) is 0 Å². The molecule has 0 atom stereocenters. The predicted molar refractivity (Wildman–Crippen MR) is 15.4 cm³/mol. The van der Waals surface area contributed by atoms with E-state index >= 15 is 0 Å². The first kappa shape index (κ1) is 52.8. The van der Waals surface area contributed by atoms with Gasteiger partial charge in [-0.25, -0.2) is 0 Å². The third-order valence-electron chi connectivity index (χ3n) is 0. The van der Waals surface area contributed by atoms with Gasteiger partial charge in [0.2, 0.25) is 0 Å². The third kappa shape index (κ3) is 9.95. The molecule has 0 bridgehead atoms. The second kappa shape index (κ2) is 25.7. The van der Waals surface area contributed by atoms with Gasteiger partial charge in [-0.05, 0) is 0 Å². The third-order valence-corrected chi connectivity index (χ3v) is 0. The molecule has 0 spiro atoms. The van der Waals surface area contributed by atoms with E-state index in [-0.39, 0.29) is 54.6 Å². The van der Waals surface area contributed by atoms with Gasteiger partial charge in [-0.15, -0.1) is 0 Å². The maximum absolute atomic E-state index is 0. The molecule has 1 nitrogen and oxygen atoms in total. The zero-order valence-corrected chi connectivity index (χ0v) is 3.01. The topological polar surface area (TPSA) is 28.5 Å². The van der Waals surface area contributed by atoms with Crippen molar-refractivity contribution in [1.82, 2.24) is 0 Å². The van der Waals surface area contributed by atoms with Gasteiger partial charge in [0.05, 0.1) is 0 Å². The van der Waals surface area contributed by atoms with Crippen molar-refractivity contribution in [2.24, 2.45) is 0 Å². The van der Waals surface area contributed by atoms with Gasteiger partial charge < -0.3 is 0 Å². The Morgan fingerprint density at radius 1 is 1.00 bits per heavy atom. The molecule has 23 valence electrons. The molecule has 0 rings (SSSR count). The first-order chi connectivity index (χ1) is 0. The molecule has 0 aromatic carbocycles. The fraction of sp³-hybridized carbons (Fsp3) is 0. The van der Waals surface area contributed by atoms with Crippen molar-refractivity contribution < 1.29 is 22.3 Å². The largest absolute Gasteiger partial charge is 0 e. The van der Waals surface area contributed by atoms with E-state index in [1.54, 1.807) is 0 Å². The van der Waals surface area contributed by atoms with Gasteiger partial charge >= 0.3 is 18.9 Å². The molecule has 0 aromatic heterocycles. The molecule has 0 fully saturated rings. The molecule has 0 N–H and O–H groups in total. The summed E-state index contributed by atoms with van der Waals surface area (Å²) in [5.74, 6) is 0. The van der Waals surface area contributed by atoms with Crippen LogP contribution in [0.5, 0.6) is 0 Å². The minimum absolute atomic E-state index is 0. The summed E-state index contributed by atoms with van der Waals surface area (Å²) in [4.78, 5) is 0. The van der Waals surface area contributed by atoms with Crippen LogP contribution in [-0.2, 0) is 22.3 Å². The van der Waals surface area contributed by atoms with Crippen LogP contribution in [-0.4, -0.2) is 18.9 Å². The Bertz CT molecular complexity index is 8.00. The Balaban J connectivity index is 0. The SMILES string of the molecule is [Co].[LiH].[O].[S]. The summed E-state index contributed by atoms with van der Waals surface area (Å²) < 4.78 is 0. The van der Waals surface area contributed by atoms with E-state index in [9.17, 15) is 0 Å². The molecular formula is HCoLiOS. The summed E-state index contributed by atoms with van der Waals surface area (Å²) in [6.45, 7) is 0. The van der Waals surface area contributed by atoms with Crippen molar-refractivity contribution in [3.8, 4) is 0 Å². The van der Waals surface area contributed by atoms with E-state index < -0.39 is 0 Å². The first-order valence-electron chi connectivity index (χ1n) is 0. The second-order valence-electron chi connectivity index (χ2n) is 0. The molecule has 0 heterocycles. The maximum Gasteiger partial charge on any atom is 0 e. The molecule has 0 aliphatic heterocycles. The van der Waals surface area contributed by atoms with Crippen molar-refractivity contribution in [2.45, 2.75) is 0 Å². The molecule has 4 heteroatoms. The Morgan fingerprint density at radius 2 is 1.00 bits per heavy atom. The first-order valence-corrected chi connectivity index (χ1v) is 0. The Kier molecular flexibility index (Phi) is 339. The van der Waals surface area contributed by atoms with E-state index in [2.05, 4.69) is 0 Å². The van der Waals surface area contributed by atoms with Crippen LogP contribution in [0.1, 0.15) is 0 Å². The molecule has 5 radical (unpaired) electrons. The zero-order valence-electron chi connectivity index (χ0n) is 1.15. The second-order valence-corrected chi connectivity index (χ2v) is 0. The van der Waals surface area contributed by atoms with Crippen molar-refractivity contribution in [3.05, 3.63) is 0 Å². The van der Waals surface area contributed by atoms with Crippen LogP contribution in [0, 0.1) is 0 Å². The van der Waals surface area contributed by atoms with Gasteiger partial charge in [-0.2, -0.15) is 0 Å². The van der Waals surface area contributed by atoms with Crippen LogP contribution in [0.3, 0.4) is 0 Å². The summed E-state index contributed by atoms with van der Waals surface area (Å²) >= 11 is 0. The number of hydrogen-bond donors (Lipinski definition) is 0. The van der Waals surface area contributed by atoms with Crippen molar-refractivity contribution in [3.63, 3.8) is 0 Å². The van der Waals surface area contributed by atoms with Gasteiger partial charge in [-0.3, -0.25) is 0 Å². The smallest absolute Gasteiger partial charge is 0 e. The fourth-order valence-electron chi connectivity index (χ4n) is 0. The number of rotatable bonds is 0. The molecule has 0 aliphatic rings. The summed E-state index contributed by atoms with van der Waals surface area (Å²) in [6, 6.07) is 0. The van der Waals surface area contributed by atoms with Crippen LogP contribution >= 0.6 is 13.5 Å². The summed E-state index contributed by atoms with van der Waals surface area (Å²) in [5, 5.41) is 0. The van der Waals surface area contributed by atoms with Crippen LogP contribution in [0.15, 0.2) is 0 Å². The van der Waals surface area contributed by atoms with E-state index in [1.165, 1.54) is 0 Å². The van der Waals surface area contributed by atoms with E-state index in [0.717, 1.165) is 0 Å². The van der Waals surface area contributed by atoms with Gasteiger partial charge in [0.25, 0.3) is 0 Å². The minimum Gasteiger partial charge on any atom is 0 e. The Hall–Kier alpha value is 1.41. The van der Waals surface area contributed by atoms with Crippen molar-refractivity contribution in [1.29, 1.82) is 0 Å². The maximum atomic E-state index is 0. The van der Waals surface area contributed by atoms with E-state index in [4.69, 9.17) is 0 Å². The summed E-state index contributed by atoms with van der Waals surface area (Å²) in [6.07, 6.45) is 0. The van der Waals surface area contributed by atoms with Gasteiger partial charge in [0.15, 0.2) is 0 Å². The fourth-order valence-corrected chi connectivity index (χ4v) is 0. The average molecular weight is 115 g/mol. The van der Waals surface area contributed by atoms with Gasteiger partial charge in [-0.1, -0.05) is 0 Å². The molecule has 0 saturated carbocycles. The predicted octanol–water partition coefficient (Wildman–Crippen LogP) is -0.122. The standard InChI is InChI=1S/Co.Li.O.S.H. The Labute approximate surface area is 54.7 Å². The number of hydrogen-bond acceptors (Lipinski definition) is 0. The molecule has 0 saturated heterocycles. The molecular weight excluding hydrogens is 114 g/mol. The Morgan fingerprint density at radius 3 is 1.00 bits per heavy atom. The van der Waals surface area contributed by atoms with Crippen LogP contribution < -0.4 is 0 Å². The molecule has 0 aromatic rings. The molecule has 0 aliphatic carbocycles. The normalized spacial score (nSPS) is 0. The van der Waals surface area contributed by atoms with Crippen LogP contribution in [0.25, 0.3) is 0 Å². The average Bonchev–Trinajstić information content (AvgIpc) is 0. The molecule has 4 heavy (non-hydrogen) atoms. The van der Waals surface area contributed by atoms with Crippen molar-refractivity contribution >= 4 is 32.4 Å². The van der Waals surface area contributed by atoms with Gasteiger partial charge in [0, 0.05) is 35.8 Å². The van der Waals surface area contributed by atoms with E-state index in [1.807, 2.05) is 0 Å². The summed E-state index contributed by atoms with van der Waals surface area (Å²) in [5.41, 5.74) is 0. The molecule has 0 amide bonds. The minimum atomic E-state index is 0. The van der Waals surface area contributed by atoms with Crippen LogP contribution in [0.2, 0.25) is 0 Å². The summed E-state index contributed by atoms with van der Waals surface area (Å²) in [7, 11) is 0. The monoisotopic (exact) mass is 115 g/mol. The zero-order chi connectivity index (χ0) is 0. The van der Waals surface area contributed by atoms with Crippen LogP contribution in [0.4, 0.5) is 0 Å². The van der Waals surface area contributed by atoms with Gasteiger partial charge in [0.1, 0.15) is 0 Å². The van der Waals surface area contributed by atoms with Crippen molar-refractivity contribution in [2.75, 3.05) is 0 Å².